The maximum absolute atomic E-state index is 12.9. The number of aliphatic imine (C=N–C) groups is 1. The molecule has 0 bridgehead atoms. The summed E-state index contributed by atoms with van der Waals surface area (Å²) in [6.07, 6.45) is 2.80. The summed E-state index contributed by atoms with van der Waals surface area (Å²) in [4.78, 5) is 8.52. The lowest BCUT2D eigenvalue weighted by Gasteiger charge is -1.96. The first kappa shape index (κ1) is 14.0. The van der Waals surface area contributed by atoms with E-state index in [1.54, 1.807) is 18.3 Å². The van der Waals surface area contributed by atoms with Crippen molar-refractivity contribution in [2.75, 3.05) is 0 Å². The average Bonchev–Trinajstić information content (AvgIpc) is 3.14. The Hall–Kier alpha value is -2.60. The zero-order valence-electron chi connectivity index (χ0n) is 11.8. The van der Waals surface area contributed by atoms with Crippen molar-refractivity contribution < 1.29 is 8.81 Å². The number of hydrogen-bond acceptors (Lipinski definition) is 5. The normalized spacial score (nSPS) is 13.0. The van der Waals surface area contributed by atoms with Crippen molar-refractivity contribution in [3.8, 4) is 11.5 Å². The van der Waals surface area contributed by atoms with Crippen LogP contribution in [0.15, 0.2) is 45.9 Å². The highest BCUT2D eigenvalue weighted by Crippen LogP contribution is 2.28. The molecule has 3 heterocycles. The van der Waals surface area contributed by atoms with E-state index in [0.717, 1.165) is 17.0 Å². The van der Waals surface area contributed by atoms with Crippen LogP contribution in [0.1, 0.15) is 11.5 Å². The second-order valence-electron chi connectivity index (χ2n) is 5.18. The van der Waals surface area contributed by atoms with Crippen LogP contribution < -0.4 is 0 Å². The van der Waals surface area contributed by atoms with Crippen LogP contribution in [0.3, 0.4) is 0 Å². The first-order valence-corrected chi connectivity index (χ1v) is 7.34. The van der Waals surface area contributed by atoms with Crippen LogP contribution in [-0.2, 0) is 12.8 Å². The van der Waals surface area contributed by atoms with E-state index in [2.05, 4.69) is 20.2 Å². The molecule has 2 aromatic heterocycles. The summed E-state index contributed by atoms with van der Waals surface area (Å²) >= 11 is 5.88. The fraction of sp³-hybridized carbons (Fsp3) is 0.125. The molecule has 0 N–H and O–H groups in total. The standard InChI is InChI=1S/C16H10ClFN4O/c17-14-6-10-5-12(20-13(10)8-19-14)7-15-21-22-16(23-15)9-1-3-11(18)4-2-9/h1-4,6,8H,5,7H2. The van der Waals surface area contributed by atoms with Gasteiger partial charge in [-0.1, -0.05) is 11.6 Å². The quantitative estimate of drug-likeness (QED) is 0.686. The lowest BCUT2D eigenvalue weighted by atomic mass is 10.1. The second kappa shape index (κ2) is 5.55. The monoisotopic (exact) mass is 328 g/mol. The van der Waals surface area contributed by atoms with E-state index >= 15 is 0 Å². The number of benzene rings is 1. The van der Waals surface area contributed by atoms with Crippen molar-refractivity contribution in [3.63, 3.8) is 0 Å². The molecule has 4 rings (SSSR count). The van der Waals surface area contributed by atoms with Gasteiger partial charge in [0.2, 0.25) is 11.8 Å². The number of hydrogen-bond donors (Lipinski definition) is 0. The molecule has 1 aliphatic heterocycles. The van der Waals surface area contributed by atoms with Gasteiger partial charge in [0.25, 0.3) is 0 Å². The largest absolute Gasteiger partial charge is 0.420 e. The SMILES string of the molecule is Fc1ccc(-c2nnc(CC3=Nc4cnc(Cl)cc4C3)o2)cc1. The van der Waals surface area contributed by atoms with Gasteiger partial charge >= 0.3 is 0 Å². The summed E-state index contributed by atoms with van der Waals surface area (Å²) in [7, 11) is 0. The minimum Gasteiger partial charge on any atom is -0.420 e. The number of halogens is 2. The van der Waals surface area contributed by atoms with Crippen molar-refractivity contribution in [2.24, 2.45) is 4.99 Å². The van der Waals surface area contributed by atoms with E-state index in [-0.39, 0.29) is 5.82 Å². The van der Waals surface area contributed by atoms with E-state index in [0.29, 0.717) is 35.3 Å². The van der Waals surface area contributed by atoms with E-state index in [1.807, 2.05) is 6.07 Å². The number of rotatable bonds is 3. The number of nitrogens with zero attached hydrogens (tertiary/aromatic N) is 4. The first-order valence-electron chi connectivity index (χ1n) is 6.96. The van der Waals surface area contributed by atoms with Gasteiger partial charge in [-0.3, -0.25) is 4.99 Å². The molecule has 5 nitrogen and oxygen atoms in total. The Bertz CT molecular complexity index is 905. The molecule has 0 atom stereocenters. The zero-order chi connectivity index (χ0) is 15.8. The maximum Gasteiger partial charge on any atom is 0.247 e. The van der Waals surface area contributed by atoms with Crippen LogP contribution in [0.25, 0.3) is 11.5 Å². The van der Waals surface area contributed by atoms with E-state index in [9.17, 15) is 4.39 Å². The molecule has 3 aromatic rings. The third kappa shape index (κ3) is 2.85. The predicted molar refractivity (Wildman–Crippen MR) is 83.4 cm³/mol. The summed E-state index contributed by atoms with van der Waals surface area (Å²) in [5, 5.41) is 8.47. The smallest absolute Gasteiger partial charge is 0.247 e. The molecular weight excluding hydrogens is 319 g/mol. The molecule has 0 fully saturated rings. The minimum absolute atomic E-state index is 0.307. The highest BCUT2D eigenvalue weighted by Gasteiger charge is 2.18. The summed E-state index contributed by atoms with van der Waals surface area (Å²) in [6, 6.07) is 7.72. The van der Waals surface area contributed by atoms with E-state index in [1.165, 1.54) is 12.1 Å². The molecule has 0 spiro atoms. The van der Waals surface area contributed by atoms with Crippen LogP contribution >= 0.6 is 11.6 Å². The molecule has 7 heteroatoms. The molecule has 0 unspecified atom stereocenters. The van der Waals surface area contributed by atoms with Crippen LogP contribution in [0.5, 0.6) is 0 Å². The first-order chi connectivity index (χ1) is 11.2. The molecule has 1 aromatic carbocycles. The summed E-state index contributed by atoms with van der Waals surface area (Å²) in [5.74, 6) is 0.523. The highest BCUT2D eigenvalue weighted by atomic mass is 35.5. The highest BCUT2D eigenvalue weighted by molar-refractivity contribution is 6.29. The van der Waals surface area contributed by atoms with Crippen LogP contribution in [-0.4, -0.2) is 20.9 Å². The van der Waals surface area contributed by atoms with Gasteiger partial charge in [-0.25, -0.2) is 9.37 Å². The van der Waals surface area contributed by atoms with Gasteiger partial charge in [0.15, 0.2) is 0 Å². The fourth-order valence-corrected chi connectivity index (χ4v) is 2.62. The Morgan fingerprint density at radius 2 is 2.00 bits per heavy atom. The lowest BCUT2D eigenvalue weighted by Crippen LogP contribution is -2.03. The van der Waals surface area contributed by atoms with Crippen molar-refractivity contribution >= 4 is 23.0 Å². The molecule has 0 aliphatic carbocycles. The Morgan fingerprint density at radius 3 is 2.83 bits per heavy atom. The van der Waals surface area contributed by atoms with Gasteiger partial charge in [-0.05, 0) is 35.9 Å². The third-order valence-electron chi connectivity index (χ3n) is 3.52. The molecule has 0 amide bonds. The third-order valence-corrected chi connectivity index (χ3v) is 3.73. The molecule has 0 saturated heterocycles. The molecule has 23 heavy (non-hydrogen) atoms. The minimum atomic E-state index is -0.307. The summed E-state index contributed by atoms with van der Waals surface area (Å²) < 4.78 is 18.6. The lowest BCUT2D eigenvalue weighted by molar-refractivity contribution is 0.523. The number of pyridine rings is 1. The van der Waals surface area contributed by atoms with E-state index in [4.69, 9.17) is 16.0 Å². The molecule has 1 aliphatic rings. The summed E-state index contributed by atoms with van der Waals surface area (Å²) in [6.45, 7) is 0. The molecule has 114 valence electrons. The Labute approximate surface area is 135 Å². The molecule has 0 saturated carbocycles. The van der Waals surface area contributed by atoms with E-state index < -0.39 is 0 Å². The Balaban J connectivity index is 1.52. The van der Waals surface area contributed by atoms with Crippen molar-refractivity contribution in [3.05, 3.63) is 59.0 Å². The van der Waals surface area contributed by atoms with Crippen molar-refractivity contribution in [1.29, 1.82) is 0 Å². The van der Waals surface area contributed by atoms with Gasteiger partial charge in [-0.15, -0.1) is 10.2 Å². The number of fused-ring (bicyclic) bond motifs is 1. The summed E-state index contributed by atoms with van der Waals surface area (Å²) in [5.41, 5.74) is 3.46. The van der Waals surface area contributed by atoms with Gasteiger partial charge in [0, 0.05) is 17.7 Å². The van der Waals surface area contributed by atoms with Gasteiger partial charge in [-0.2, -0.15) is 0 Å². The van der Waals surface area contributed by atoms with Gasteiger partial charge in [0.1, 0.15) is 11.0 Å². The Morgan fingerprint density at radius 1 is 1.17 bits per heavy atom. The Kier molecular flexibility index (Phi) is 3.38. The molecular formula is C16H10ClFN4O. The maximum atomic E-state index is 12.9. The van der Waals surface area contributed by atoms with Crippen molar-refractivity contribution in [2.45, 2.75) is 12.8 Å². The molecule has 0 radical (unpaired) electrons. The van der Waals surface area contributed by atoms with Crippen LogP contribution in [0.4, 0.5) is 10.1 Å². The van der Waals surface area contributed by atoms with Crippen LogP contribution in [0.2, 0.25) is 5.15 Å². The topological polar surface area (TPSA) is 64.2 Å². The zero-order valence-corrected chi connectivity index (χ0v) is 12.6. The predicted octanol–water partition coefficient (Wildman–Crippen LogP) is 3.80. The van der Waals surface area contributed by atoms with Crippen LogP contribution in [0, 0.1) is 5.82 Å². The van der Waals surface area contributed by atoms with Gasteiger partial charge < -0.3 is 4.42 Å². The fourth-order valence-electron chi connectivity index (χ4n) is 2.44. The van der Waals surface area contributed by atoms with Gasteiger partial charge in [0.05, 0.1) is 18.3 Å². The average molecular weight is 329 g/mol. The number of aromatic nitrogens is 3. The van der Waals surface area contributed by atoms with Crippen molar-refractivity contribution in [1.82, 2.24) is 15.2 Å². The second-order valence-corrected chi connectivity index (χ2v) is 5.56.